The fraction of sp³-hybridized carbons (Fsp3) is 0.167. The molecular formula is C18H14ClN5O3S. The number of aromatic nitrogens is 4. The van der Waals surface area contributed by atoms with Crippen LogP contribution in [0.2, 0.25) is 5.02 Å². The molecule has 0 saturated heterocycles. The third-order valence-corrected chi connectivity index (χ3v) is 4.59. The number of aromatic amines is 1. The van der Waals surface area contributed by atoms with Crippen molar-refractivity contribution in [1.82, 2.24) is 19.5 Å². The van der Waals surface area contributed by atoms with E-state index in [4.69, 9.17) is 21.6 Å². The van der Waals surface area contributed by atoms with E-state index in [2.05, 4.69) is 15.0 Å². The summed E-state index contributed by atoms with van der Waals surface area (Å²) in [6, 6.07) is 6.42. The van der Waals surface area contributed by atoms with Crippen LogP contribution in [0, 0.1) is 18.3 Å². The Morgan fingerprint density at radius 3 is 2.79 bits per heavy atom. The first-order chi connectivity index (χ1) is 13.4. The minimum Gasteiger partial charge on any atom is -0.450 e. The average Bonchev–Trinajstić information content (AvgIpc) is 2.68. The molecule has 0 atom stereocenters. The van der Waals surface area contributed by atoms with Crippen LogP contribution in [0.15, 0.2) is 45.5 Å². The molecule has 1 N–H and O–H groups in total. The van der Waals surface area contributed by atoms with Crippen molar-refractivity contribution in [2.24, 2.45) is 0 Å². The molecule has 2 aromatic heterocycles. The van der Waals surface area contributed by atoms with Crippen molar-refractivity contribution in [3.63, 3.8) is 0 Å². The Balaban J connectivity index is 1.97. The molecule has 0 spiro atoms. The lowest BCUT2D eigenvalue weighted by Gasteiger charge is -2.11. The molecule has 0 saturated carbocycles. The number of ether oxygens (including phenoxy) is 1. The van der Waals surface area contributed by atoms with Crippen LogP contribution in [-0.2, 0) is 6.54 Å². The molecule has 0 bridgehead atoms. The lowest BCUT2D eigenvalue weighted by Crippen LogP contribution is -2.26. The van der Waals surface area contributed by atoms with Crippen LogP contribution in [0.1, 0.15) is 16.8 Å². The summed E-state index contributed by atoms with van der Waals surface area (Å²) in [5, 5.41) is 9.85. The highest BCUT2D eigenvalue weighted by Crippen LogP contribution is 2.25. The number of hydrogen-bond donors (Lipinski definition) is 1. The van der Waals surface area contributed by atoms with Gasteiger partial charge in [0.15, 0.2) is 5.16 Å². The number of thioether (sulfide) groups is 1. The van der Waals surface area contributed by atoms with E-state index in [0.717, 1.165) is 0 Å². The maximum Gasteiger partial charge on any atom is 0.296 e. The average molecular weight is 416 g/mol. The molecule has 0 amide bonds. The summed E-state index contributed by atoms with van der Waals surface area (Å²) in [6.45, 7) is 1.61. The number of rotatable bonds is 5. The summed E-state index contributed by atoms with van der Waals surface area (Å²) < 4.78 is 6.93. The molecule has 3 aromatic rings. The van der Waals surface area contributed by atoms with E-state index < -0.39 is 5.56 Å². The molecule has 1 aromatic carbocycles. The molecule has 0 fully saturated rings. The van der Waals surface area contributed by atoms with Crippen molar-refractivity contribution < 1.29 is 4.74 Å². The topological polar surface area (TPSA) is 114 Å². The second-order valence-electron chi connectivity index (χ2n) is 5.73. The van der Waals surface area contributed by atoms with E-state index >= 15 is 0 Å². The fourth-order valence-corrected chi connectivity index (χ4v) is 2.97. The van der Waals surface area contributed by atoms with Crippen molar-refractivity contribution in [1.29, 1.82) is 5.26 Å². The summed E-state index contributed by atoms with van der Waals surface area (Å²) in [5.74, 6) is 0.228. The van der Waals surface area contributed by atoms with Gasteiger partial charge in [0.1, 0.15) is 5.75 Å². The summed E-state index contributed by atoms with van der Waals surface area (Å²) >= 11 is 7.29. The first-order valence-corrected chi connectivity index (χ1v) is 9.58. The standard InChI is InChI=1S/C18H14ClN5O3S/c1-10-15(27-14-4-11(6-20)3-13(19)5-14)17(26)24(9-22-10)8-12-7-21-18(28-2)23-16(12)25/h3-5,7,9H,8H2,1-2H3,(H,21,23,25). The van der Waals surface area contributed by atoms with Crippen molar-refractivity contribution in [2.75, 3.05) is 6.26 Å². The van der Waals surface area contributed by atoms with Crippen molar-refractivity contribution >= 4 is 23.4 Å². The number of benzene rings is 1. The summed E-state index contributed by atoms with van der Waals surface area (Å²) in [7, 11) is 0. The van der Waals surface area contributed by atoms with Gasteiger partial charge in [0.25, 0.3) is 11.1 Å². The normalized spacial score (nSPS) is 10.5. The van der Waals surface area contributed by atoms with Gasteiger partial charge in [-0.05, 0) is 31.4 Å². The molecule has 28 heavy (non-hydrogen) atoms. The second-order valence-corrected chi connectivity index (χ2v) is 6.96. The first-order valence-electron chi connectivity index (χ1n) is 7.98. The van der Waals surface area contributed by atoms with Gasteiger partial charge in [-0.2, -0.15) is 5.26 Å². The predicted molar refractivity (Wildman–Crippen MR) is 105 cm³/mol. The molecule has 0 unspecified atom stereocenters. The quantitative estimate of drug-likeness (QED) is 0.503. The van der Waals surface area contributed by atoms with Gasteiger partial charge in [-0.1, -0.05) is 23.4 Å². The largest absolute Gasteiger partial charge is 0.450 e. The van der Waals surface area contributed by atoms with E-state index in [1.54, 1.807) is 13.2 Å². The van der Waals surface area contributed by atoms with Crippen molar-refractivity contribution in [3.05, 3.63) is 73.3 Å². The van der Waals surface area contributed by atoms with Gasteiger partial charge in [-0.3, -0.25) is 14.2 Å². The van der Waals surface area contributed by atoms with Crippen LogP contribution in [0.4, 0.5) is 0 Å². The lowest BCUT2D eigenvalue weighted by molar-refractivity contribution is 0.458. The molecule has 2 heterocycles. The van der Waals surface area contributed by atoms with Crippen LogP contribution in [0.5, 0.6) is 11.5 Å². The Labute approximate surface area is 168 Å². The maximum atomic E-state index is 12.8. The first kappa shape index (κ1) is 19.7. The number of nitrogens with one attached hydrogen (secondary N) is 1. The van der Waals surface area contributed by atoms with E-state index in [1.165, 1.54) is 47.1 Å². The zero-order valence-electron chi connectivity index (χ0n) is 14.9. The molecule has 0 aliphatic rings. The molecule has 10 heteroatoms. The fourth-order valence-electron chi connectivity index (χ4n) is 2.39. The lowest BCUT2D eigenvalue weighted by atomic mass is 10.2. The molecule has 0 aliphatic carbocycles. The van der Waals surface area contributed by atoms with Gasteiger partial charge in [0.05, 0.1) is 35.8 Å². The number of aryl methyl sites for hydroxylation is 1. The minimum absolute atomic E-state index is 0.0150. The van der Waals surface area contributed by atoms with E-state index in [9.17, 15) is 9.59 Å². The van der Waals surface area contributed by atoms with Gasteiger partial charge in [-0.15, -0.1) is 0 Å². The Kier molecular flexibility index (Phi) is 5.82. The van der Waals surface area contributed by atoms with Crippen LogP contribution in [0.3, 0.4) is 0 Å². The molecular weight excluding hydrogens is 402 g/mol. The monoisotopic (exact) mass is 415 g/mol. The van der Waals surface area contributed by atoms with Gasteiger partial charge in [0, 0.05) is 11.2 Å². The number of H-pyrrole nitrogens is 1. The predicted octanol–water partition coefficient (Wildman–Crippen LogP) is 2.72. The Morgan fingerprint density at radius 1 is 1.32 bits per heavy atom. The van der Waals surface area contributed by atoms with Crippen LogP contribution in [-0.4, -0.2) is 25.8 Å². The van der Waals surface area contributed by atoms with Crippen LogP contribution < -0.4 is 15.9 Å². The zero-order chi connectivity index (χ0) is 20.3. The number of halogens is 1. The molecule has 0 aliphatic heterocycles. The number of nitrogens with zero attached hydrogens (tertiary/aromatic N) is 4. The Bertz CT molecular complexity index is 1200. The van der Waals surface area contributed by atoms with Crippen molar-refractivity contribution in [2.45, 2.75) is 18.6 Å². The van der Waals surface area contributed by atoms with Gasteiger partial charge in [0.2, 0.25) is 5.75 Å². The summed E-state index contributed by atoms with van der Waals surface area (Å²) in [5.41, 5.74) is 0.175. The number of hydrogen-bond acceptors (Lipinski definition) is 7. The van der Waals surface area contributed by atoms with Gasteiger partial charge < -0.3 is 9.72 Å². The molecule has 0 radical (unpaired) electrons. The van der Waals surface area contributed by atoms with E-state index in [0.29, 0.717) is 27.0 Å². The number of nitriles is 1. The van der Waals surface area contributed by atoms with Gasteiger partial charge in [-0.25, -0.2) is 9.97 Å². The SMILES string of the molecule is CSc1ncc(Cn2cnc(C)c(Oc3cc(Cl)cc(C#N)c3)c2=O)c(=O)[nH]1. The van der Waals surface area contributed by atoms with Gasteiger partial charge >= 0.3 is 0 Å². The highest BCUT2D eigenvalue weighted by atomic mass is 35.5. The highest BCUT2D eigenvalue weighted by Gasteiger charge is 2.14. The highest BCUT2D eigenvalue weighted by molar-refractivity contribution is 7.98. The minimum atomic E-state index is -0.473. The molecule has 142 valence electrons. The Morgan fingerprint density at radius 2 is 2.11 bits per heavy atom. The molecule has 3 rings (SSSR count). The van der Waals surface area contributed by atoms with Crippen molar-refractivity contribution in [3.8, 4) is 17.6 Å². The molecule has 8 nitrogen and oxygen atoms in total. The van der Waals surface area contributed by atoms with E-state index in [-0.39, 0.29) is 23.6 Å². The summed E-state index contributed by atoms with van der Waals surface area (Å²) in [4.78, 5) is 35.9. The Hall–Kier alpha value is -3.09. The van der Waals surface area contributed by atoms with Crippen LogP contribution >= 0.6 is 23.4 Å². The zero-order valence-corrected chi connectivity index (χ0v) is 16.5. The summed E-state index contributed by atoms with van der Waals surface area (Å²) in [6.07, 6.45) is 4.56. The maximum absolute atomic E-state index is 12.8. The second kappa shape index (κ2) is 8.29. The third kappa shape index (κ3) is 4.24. The van der Waals surface area contributed by atoms with Crippen LogP contribution in [0.25, 0.3) is 0 Å². The smallest absolute Gasteiger partial charge is 0.296 e. The third-order valence-electron chi connectivity index (χ3n) is 3.78. The van der Waals surface area contributed by atoms with E-state index in [1.807, 2.05) is 6.07 Å².